The number of nitrogens with zero attached hydrogens (tertiary/aromatic N) is 1. The van der Waals surface area contributed by atoms with Gasteiger partial charge in [-0.25, -0.2) is 0 Å². The van der Waals surface area contributed by atoms with Crippen LogP contribution < -0.4 is 5.32 Å². The van der Waals surface area contributed by atoms with E-state index in [0.29, 0.717) is 12.6 Å². The SMILES string of the molecule is CCC1CNC(CC)(CC)CN1CCOC(F)(F)F. The van der Waals surface area contributed by atoms with Gasteiger partial charge in [0.25, 0.3) is 0 Å². The zero-order valence-corrected chi connectivity index (χ0v) is 12.0. The molecule has 1 aliphatic heterocycles. The first kappa shape index (κ1) is 16.7. The molecule has 19 heavy (non-hydrogen) atoms. The van der Waals surface area contributed by atoms with E-state index in [1.165, 1.54) is 0 Å². The smallest absolute Gasteiger partial charge is 0.308 e. The highest BCUT2D eigenvalue weighted by Gasteiger charge is 2.36. The predicted octanol–water partition coefficient (Wildman–Crippen LogP) is 2.77. The number of piperazine rings is 1. The molecule has 1 fully saturated rings. The highest BCUT2D eigenvalue weighted by Crippen LogP contribution is 2.24. The topological polar surface area (TPSA) is 24.5 Å². The summed E-state index contributed by atoms with van der Waals surface area (Å²) in [6, 6.07) is 0.294. The molecular weight excluding hydrogens is 257 g/mol. The van der Waals surface area contributed by atoms with Gasteiger partial charge in [0.15, 0.2) is 0 Å². The molecule has 1 atom stereocenters. The lowest BCUT2D eigenvalue weighted by Crippen LogP contribution is -2.64. The van der Waals surface area contributed by atoms with Crippen molar-refractivity contribution in [1.82, 2.24) is 10.2 Å². The van der Waals surface area contributed by atoms with Crippen molar-refractivity contribution in [2.75, 3.05) is 26.2 Å². The Balaban J connectivity index is 2.55. The van der Waals surface area contributed by atoms with Gasteiger partial charge in [0.2, 0.25) is 0 Å². The van der Waals surface area contributed by atoms with Crippen LogP contribution >= 0.6 is 0 Å². The third kappa shape index (κ3) is 4.93. The lowest BCUT2D eigenvalue weighted by molar-refractivity contribution is -0.325. The second-order valence-electron chi connectivity index (χ2n) is 5.20. The molecule has 1 saturated heterocycles. The van der Waals surface area contributed by atoms with Gasteiger partial charge in [-0.2, -0.15) is 0 Å². The highest BCUT2D eigenvalue weighted by atomic mass is 19.4. The quantitative estimate of drug-likeness (QED) is 0.810. The molecule has 1 N–H and O–H groups in total. The van der Waals surface area contributed by atoms with Gasteiger partial charge >= 0.3 is 6.36 Å². The minimum atomic E-state index is -4.53. The van der Waals surface area contributed by atoms with Crippen molar-refractivity contribution in [3.05, 3.63) is 0 Å². The Morgan fingerprint density at radius 1 is 1.26 bits per heavy atom. The molecule has 0 aromatic rings. The molecule has 0 aliphatic carbocycles. The average molecular weight is 282 g/mol. The molecule has 0 radical (unpaired) electrons. The number of hydrogen-bond donors (Lipinski definition) is 1. The summed E-state index contributed by atoms with van der Waals surface area (Å²) in [7, 11) is 0. The fourth-order valence-corrected chi connectivity index (χ4v) is 2.70. The van der Waals surface area contributed by atoms with Gasteiger partial charge in [0.05, 0.1) is 6.61 Å². The molecule has 1 aliphatic rings. The molecule has 1 heterocycles. The Kier molecular flexibility index (Phi) is 6.08. The maximum Gasteiger partial charge on any atom is 0.522 e. The van der Waals surface area contributed by atoms with E-state index in [0.717, 1.165) is 32.4 Å². The van der Waals surface area contributed by atoms with Crippen LogP contribution in [-0.4, -0.2) is 49.1 Å². The Morgan fingerprint density at radius 3 is 2.37 bits per heavy atom. The van der Waals surface area contributed by atoms with Crippen molar-refractivity contribution in [3.8, 4) is 0 Å². The van der Waals surface area contributed by atoms with Gasteiger partial charge in [0, 0.05) is 31.2 Å². The molecule has 1 rings (SSSR count). The van der Waals surface area contributed by atoms with Crippen LogP contribution in [0.2, 0.25) is 0 Å². The third-order valence-electron chi connectivity index (χ3n) is 4.20. The van der Waals surface area contributed by atoms with E-state index >= 15 is 0 Å². The molecule has 6 heteroatoms. The molecule has 3 nitrogen and oxygen atoms in total. The van der Waals surface area contributed by atoms with Gasteiger partial charge in [-0.15, -0.1) is 13.2 Å². The lowest BCUT2D eigenvalue weighted by Gasteiger charge is -2.47. The molecular formula is C13H25F3N2O. The molecule has 0 saturated carbocycles. The summed E-state index contributed by atoms with van der Waals surface area (Å²) in [6.07, 6.45) is -1.63. The Bertz CT molecular complexity index is 267. The van der Waals surface area contributed by atoms with E-state index in [1.54, 1.807) is 0 Å². The molecule has 1 unspecified atom stereocenters. The van der Waals surface area contributed by atoms with Crippen LogP contribution in [0.1, 0.15) is 40.0 Å². The van der Waals surface area contributed by atoms with Crippen LogP contribution in [0.5, 0.6) is 0 Å². The van der Waals surface area contributed by atoms with Gasteiger partial charge in [-0.3, -0.25) is 9.64 Å². The summed E-state index contributed by atoms with van der Waals surface area (Å²) in [5.74, 6) is 0. The highest BCUT2D eigenvalue weighted by molar-refractivity contribution is 4.96. The normalized spacial score (nSPS) is 24.6. The molecule has 114 valence electrons. The van der Waals surface area contributed by atoms with Crippen molar-refractivity contribution < 1.29 is 17.9 Å². The van der Waals surface area contributed by atoms with Crippen molar-refractivity contribution in [2.24, 2.45) is 0 Å². The van der Waals surface area contributed by atoms with Crippen molar-refractivity contribution in [2.45, 2.75) is 58.0 Å². The van der Waals surface area contributed by atoms with Crippen LogP contribution in [0, 0.1) is 0 Å². The molecule has 0 bridgehead atoms. The minimum absolute atomic E-state index is 0.0316. The van der Waals surface area contributed by atoms with E-state index in [9.17, 15) is 13.2 Å². The Labute approximate surface area is 113 Å². The van der Waals surface area contributed by atoms with Crippen LogP contribution in [-0.2, 0) is 4.74 Å². The van der Waals surface area contributed by atoms with Gasteiger partial charge in [-0.1, -0.05) is 20.8 Å². The molecule has 0 aromatic carbocycles. The number of ether oxygens (including phenoxy) is 1. The maximum absolute atomic E-state index is 12.0. The van der Waals surface area contributed by atoms with Crippen LogP contribution in [0.4, 0.5) is 13.2 Å². The molecule has 0 amide bonds. The summed E-state index contributed by atoms with van der Waals surface area (Å²) in [5, 5.41) is 3.56. The Morgan fingerprint density at radius 2 is 1.89 bits per heavy atom. The zero-order chi connectivity index (χ0) is 14.5. The van der Waals surface area contributed by atoms with Crippen molar-refractivity contribution in [1.29, 1.82) is 0 Å². The largest absolute Gasteiger partial charge is 0.522 e. The number of hydrogen-bond acceptors (Lipinski definition) is 3. The monoisotopic (exact) mass is 282 g/mol. The predicted molar refractivity (Wildman–Crippen MR) is 69.0 cm³/mol. The first-order valence-corrected chi connectivity index (χ1v) is 7.05. The van der Waals surface area contributed by atoms with Gasteiger partial charge in [-0.05, 0) is 19.3 Å². The second kappa shape index (κ2) is 6.90. The van der Waals surface area contributed by atoms with E-state index in [1.807, 2.05) is 0 Å². The van der Waals surface area contributed by atoms with Crippen molar-refractivity contribution in [3.63, 3.8) is 0 Å². The van der Waals surface area contributed by atoms with E-state index in [-0.39, 0.29) is 12.1 Å². The van der Waals surface area contributed by atoms with Crippen molar-refractivity contribution >= 4 is 0 Å². The fraction of sp³-hybridized carbons (Fsp3) is 1.00. The summed E-state index contributed by atoms with van der Waals surface area (Å²) in [5.41, 5.74) is 0.0316. The number of alkyl halides is 3. The summed E-state index contributed by atoms with van der Waals surface area (Å²) in [4.78, 5) is 2.13. The van der Waals surface area contributed by atoms with Gasteiger partial charge < -0.3 is 5.32 Å². The minimum Gasteiger partial charge on any atom is -0.308 e. The number of nitrogens with one attached hydrogen (secondary N) is 1. The summed E-state index contributed by atoms with van der Waals surface area (Å²) < 4.78 is 40.0. The molecule has 0 aromatic heterocycles. The standard InChI is InChI=1S/C13H25F3N2O/c1-4-11-9-17-12(5-2,6-3)10-18(11)7-8-19-13(14,15)16/h11,17H,4-10H2,1-3H3. The maximum atomic E-state index is 12.0. The van der Waals surface area contributed by atoms with E-state index < -0.39 is 6.36 Å². The summed E-state index contributed by atoms with van der Waals surface area (Å²) in [6.45, 7) is 7.98. The first-order valence-electron chi connectivity index (χ1n) is 7.05. The average Bonchev–Trinajstić information content (AvgIpc) is 2.37. The lowest BCUT2D eigenvalue weighted by atomic mass is 9.88. The summed E-state index contributed by atoms with van der Waals surface area (Å²) >= 11 is 0. The van der Waals surface area contributed by atoms with Gasteiger partial charge in [0.1, 0.15) is 0 Å². The van der Waals surface area contributed by atoms with E-state index in [4.69, 9.17) is 0 Å². The van der Waals surface area contributed by atoms with Crippen LogP contribution in [0.15, 0.2) is 0 Å². The fourth-order valence-electron chi connectivity index (χ4n) is 2.70. The molecule has 0 spiro atoms. The Hall–Kier alpha value is -0.330. The zero-order valence-electron chi connectivity index (χ0n) is 12.0. The number of rotatable bonds is 6. The van der Waals surface area contributed by atoms with E-state index in [2.05, 4.69) is 35.7 Å². The number of halogens is 3. The van der Waals surface area contributed by atoms with Crippen LogP contribution in [0.25, 0.3) is 0 Å². The third-order valence-corrected chi connectivity index (χ3v) is 4.20. The van der Waals surface area contributed by atoms with Crippen LogP contribution in [0.3, 0.4) is 0 Å². The second-order valence-corrected chi connectivity index (χ2v) is 5.20. The first-order chi connectivity index (χ1) is 8.86.